The molecule has 1 fully saturated rings. The van der Waals surface area contributed by atoms with Gasteiger partial charge in [-0.2, -0.15) is 18.3 Å². The van der Waals surface area contributed by atoms with E-state index in [-0.39, 0.29) is 65.6 Å². The highest BCUT2D eigenvalue weighted by Gasteiger charge is 2.33. The van der Waals surface area contributed by atoms with Crippen LogP contribution in [0.5, 0.6) is 5.75 Å². The number of rotatable bonds is 7. The Kier molecular flexibility index (Phi) is 7.54. The number of benzene rings is 1. The van der Waals surface area contributed by atoms with Gasteiger partial charge < -0.3 is 25.6 Å². The van der Waals surface area contributed by atoms with E-state index in [9.17, 15) is 22.4 Å². The average Bonchev–Trinajstić information content (AvgIpc) is 3.27. The lowest BCUT2D eigenvalue weighted by Gasteiger charge is -2.33. The molecule has 1 aliphatic heterocycles. The van der Waals surface area contributed by atoms with E-state index in [2.05, 4.69) is 32.9 Å². The van der Waals surface area contributed by atoms with Gasteiger partial charge in [-0.1, -0.05) is 12.0 Å². The fourth-order valence-electron chi connectivity index (χ4n) is 4.10. The molecule has 3 aromatic rings. The number of carbonyl (C=O) groups is 1. The maximum absolute atomic E-state index is 14.9. The number of aromatic nitrogens is 2. The number of hydrogen-bond donors (Lipinski definition) is 3. The van der Waals surface area contributed by atoms with Crippen molar-refractivity contribution in [3.63, 3.8) is 0 Å². The number of anilines is 2. The summed E-state index contributed by atoms with van der Waals surface area (Å²) in [4.78, 5) is 12.7. The molecule has 0 aliphatic carbocycles. The number of ether oxygens (including phenoxy) is 1. The van der Waals surface area contributed by atoms with E-state index >= 15 is 0 Å². The highest BCUT2D eigenvalue weighted by atomic mass is 32.2. The number of hydrogen-bond acceptors (Lipinski definition) is 7. The van der Waals surface area contributed by atoms with E-state index in [0.29, 0.717) is 17.0 Å². The Morgan fingerprint density at radius 1 is 1.33 bits per heavy atom. The second-order valence-corrected chi connectivity index (χ2v) is 9.66. The van der Waals surface area contributed by atoms with Gasteiger partial charge in [0.2, 0.25) is 0 Å². The topological polar surface area (TPSA) is 82.9 Å². The van der Waals surface area contributed by atoms with Crippen LogP contribution in [0.4, 0.5) is 29.1 Å². The fourth-order valence-corrected chi connectivity index (χ4v) is 4.78. The summed E-state index contributed by atoms with van der Waals surface area (Å²) in [5.41, 5.74) is -3.70. The molecule has 2 atom stereocenters. The minimum Gasteiger partial charge on any atom is -0.495 e. The molecule has 4 rings (SSSR count). The molecule has 1 saturated heterocycles. The van der Waals surface area contributed by atoms with Gasteiger partial charge in [-0.05, 0) is 61.4 Å². The van der Waals surface area contributed by atoms with E-state index in [1.54, 1.807) is 18.2 Å². The smallest absolute Gasteiger partial charge is 0.446 e. The quantitative estimate of drug-likeness (QED) is 0.224. The molecule has 208 valence electrons. The summed E-state index contributed by atoms with van der Waals surface area (Å²) >= 11 is -0.346. The Bertz CT molecular complexity index is 1510. The predicted octanol–water partition coefficient (Wildman–Crippen LogP) is 4.23. The third-order valence-electron chi connectivity index (χ3n) is 5.97. The van der Waals surface area contributed by atoms with Crippen molar-refractivity contribution in [3.8, 4) is 17.6 Å². The minimum atomic E-state index is -4.62. The summed E-state index contributed by atoms with van der Waals surface area (Å²) in [5.74, 6) is 5.80. The first-order chi connectivity index (χ1) is 19.8. The van der Waals surface area contributed by atoms with Crippen molar-refractivity contribution in [2.75, 3.05) is 51.4 Å². The monoisotopic (exact) mass is 567 g/mol. The van der Waals surface area contributed by atoms with Gasteiger partial charge in [-0.25, -0.2) is 8.91 Å². The van der Waals surface area contributed by atoms with Crippen LogP contribution in [0.3, 0.4) is 0 Å². The van der Waals surface area contributed by atoms with Gasteiger partial charge in [0.15, 0.2) is 0 Å². The largest absolute Gasteiger partial charge is 0.495 e. The molecule has 0 unspecified atom stereocenters. The lowest BCUT2D eigenvalue weighted by Crippen LogP contribution is -2.46. The van der Waals surface area contributed by atoms with E-state index in [0.717, 1.165) is 4.90 Å². The van der Waals surface area contributed by atoms with Crippen molar-refractivity contribution in [1.82, 2.24) is 19.8 Å². The standard InChI is InChI=1S/C26H28F4N6O2S/c1-31-25(37)16-9-10-19(22(14-16)38-3)32-12-5-6-20-24(39-26(28,29)30)21-7-4-8-23(36(21)34-20)33-18-11-13-35(2)15-17(18)27/h4,7-10,14,17-18,32-33H,11-13,15H2,1-3H3,(H,31,37)/t17-,18+/m0/s1/i2D3. The van der Waals surface area contributed by atoms with Crippen LogP contribution in [-0.4, -0.2) is 78.9 Å². The van der Waals surface area contributed by atoms with Crippen LogP contribution in [0.15, 0.2) is 41.3 Å². The van der Waals surface area contributed by atoms with E-state index in [4.69, 9.17) is 8.85 Å². The molecule has 0 radical (unpaired) electrons. The van der Waals surface area contributed by atoms with Crippen LogP contribution in [-0.2, 0) is 0 Å². The molecule has 2 aromatic heterocycles. The van der Waals surface area contributed by atoms with Crippen molar-refractivity contribution in [3.05, 3.63) is 47.7 Å². The zero-order chi connectivity index (χ0) is 30.7. The molecular formula is C26H28F4N6O2S. The molecule has 1 amide bonds. The second-order valence-electron chi connectivity index (χ2n) is 8.58. The van der Waals surface area contributed by atoms with Crippen LogP contribution < -0.4 is 20.7 Å². The number of piperidine rings is 1. The Morgan fingerprint density at radius 3 is 2.85 bits per heavy atom. The Morgan fingerprint density at radius 2 is 2.15 bits per heavy atom. The van der Waals surface area contributed by atoms with Crippen molar-refractivity contribution in [2.24, 2.45) is 0 Å². The van der Waals surface area contributed by atoms with Gasteiger partial charge in [0.05, 0.1) is 35.8 Å². The van der Waals surface area contributed by atoms with Crippen molar-refractivity contribution in [1.29, 1.82) is 0 Å². The number of fused-ring (bicyclic) bond motifs is 1. The van der Waals surface area contributed by atoms with Gasteiger partial charge in [-0.3, -0.25) is 4.79 Å². The van der Waals surface area contributed by atoms with Crippen LogP contribution >= 0.6 is 11.8 Å². The number of nitrogens with zero attached hydrogens (tertiary/aromatic N) is 3. The highest BCUT2D eigenvalue weighted by Crippen LogP contribution is 2.41. The van der Waals surface area contributed by atoms with Crippen molar-refractivity contribution in [2.45, 2.75) is 29.0 Å². The molecule has 1 aromatic carbocycles. The summed E-state index contributed by atoms with van der Waals surface area (Å²) in [6.07, 6.45) is -1.35. The number of halogens is 4. The van der Waals surface area contributed by atoms with Crippen LogP contribution in [0.1, 0.15) is 26.6 Å². The zero-order valence-corrected chi connectivity index (χ0v) is 21.8. The maximum Gasteiger partial charge on any atom is 0.446 e. The Labute approximate surface area is 231 Å². The number of thioether (sulfide) groups is 1. The number of pyridine rings is 1. The number of nitrogens with one attached hydrogen (secondary N) is 3. The summed E-state index contributed by atoms with van der Waals surface area (Å²) in [6.45, 7) is -2.57. The molecule has 3 N–H and O–H groups in total. The Hall–Kier alpha value is -3.63. The van der Waals surface area contributed by atoms with E-state index in [1.807, 2.05) is 0 Å². The van der Waals surface area contributed by atoms with Crippen LogP contribution in [0, 0.1) is 11.8 Å². The molecular weight excluding hydrogens is 536 g/mol. The fraction of sp³-hybridized carbons (Fsp3) is 0.385. The SMILES string of the molecule is [2H]C([2H])([2H])N1CC[C@@H](Nc2cccc3c(SC(F)(F)F)c(C#CCNc4ccc(C(=O)NC)cc4OC)nn23)[C@@H](F)C1. The lowest BCUT2D eigenvalue weighted by molar-refractivity contribution is -0.0327. The summed E-state index contributed by atoms with van der Waals surface area (Å²) in [7, 11) is 2.94. The highest BCUT2D eigenvalue weighted by molar-refractivity contribution is 8.00. The zero-order valence-electron chi connectivity index (χ0n) is 24.0. The first-order valence-electron chi connectivity index (χ1n) is 13.4. The summed E-state index contributed by atoms with van der Waals surface area (Å²) < 4.78 is 84.5. The number of alkyl halides is 4. The Balaban J connectivity index is 1.58. The minimum absolute atomic E-state index is 0.0242. The molecule has 8 nitrogen and oxygen atoms in total. The van der Waals surface area contributed by atoms with Crippen LogP contribution in [0.2, 0.25) is 0 Å². The second kappa shape index (κ2) is 12.0. The third kappa shape index (κ3) is 6.88. The van der Waals surface area contributed by atoms with E-state index in [1.165, 1.54) is 36.9 Å². The summed E-state index contributed by atoms with van der Waals surface area (Å²) in [5, 5.41) is 12.8. The van der Waals surface area contributed by atoms with Gasteiger partial charge in [0.25, 0.3) is 5.91 Å². The molecule has 3 heterocycles. The van der Waals surface area contributed by atoms with Gasteiger partial charge in [0.1, 0.15) is 23.4 Å². The average molecular weight is 568 g/mol. The lowest BCUT2D eigenvalue weighted by atomic mass is 10.0. The van der Waals surface area contributed by atoms with Crippen molar-refractivity contribution < 1.29 is 31.2 Å². The molecule has 0 spiro atoms. The number of carbonyl (C=O) groups excluding carboxylic acids is 1. The first kappa shape index (κ1) is 24.4. The first-order valence-corrected chi connectivity index (χ1v) is 12.7. The normalized spacial score (nSPS) is 19.3. The molecule has 39 heavy (non-hydrogen) atoms. The third-order valence-corrected chi connectivity index (χ3v) is 6.81. The van der Waals surface area contributed by atoms with Crippen molar-refractivity contribution >= 4 is 34.7 Å². The van der Waals surface area contributed by atoms with Gasteiger partial charge >= 0.3 is 5.51 Å². The molecule has 0 bridgehead atoms. The van der Waals surface area contributed by atoms with Gasteiger partial charge in [-0.15, -0.1) is 0 Å². The molecule has 13 heteroatoms. The number of amides is 1. The number of methoxy groups -OCH3 is 1. The van der Waals surface area contributed by atoms with Crippen LogP contribution in [0.25, 0.3) is 5.52 Å². The number of likely N-dealkylation sites (tertiary alicyclic amines) is 1. The summed E-state index contributed by atoms with van der Waals surface area (Å²) in [6, 6.07) is 8.52. The maximum atomic E-state index is 14.9. The van der Waals surface area contributed by atoms with E-state index < -0.39 is 24.7 Å². The van der Waals surface area contributed by atoms with Gasteiger partial charge in [0, 0.05) is 29.8 Å². The molecule has 1 aliphatic rings. The predicted molar refractivity (Wildman–Crippen MR) is 143 cm³/mol. The molecule has 0 saturated carbocycles.